The summed E-state index contributed by atoms with van der Waals surface area (Å²) in [5.41, 5.74) is 0. The van der Waals surface area contributed by atoms with E-state index in [-0.39, 0.29) is 0 Å². The molecule has 0 nitrogen and oxygen atoms in total. The molecule has 5 aliphatic rings. The lowest BCUT2D eigenvalue weighted by molar-refractivity contribution is -0.0372. The smallest absolute Gasteiger partial charge is 0.0193 e. The Balaban J connectivity index is 1.64. The van der Waals surface area contributed by atoms with E-state index in [1.165, 1.54) is 12.8 Å². The van der Waals surface area contributed by atoms with Crippen molar-refractivity contribution in [1.82, 2.24) is 0 Å². The van der Waals surface area contributed by atoms with E-state index < -0.39 is 0 Å². The molecule has 0 heteroatoms. The summed E-state index contributed by atoms with van der Waals surface area (Å²) < 4.78 is 0. The Kier molecular flexibility index (Phi) is 0.929. The van der Waals surface area contributed by atoms with Crippen molar-refractivity contribution >= 4 is 0 Å². The van der Waals surface area contributed by atoms with Gasteiger partial charge < -0.3 is 0 Å². The van der Waals surface area contributed by atoms with E-state index in [1.54, 1.807) is 0 Å². The fourth-order valence-electron chi connectivity index (χ4n) is 5.82. The van der Waals surface area contributed by atoms with Crippen LogP contribution < -0.4 is 0 Å². The van der Waals surface area contributed by atoms with Crippen LogP contribution in [-0.4, -0.2) is 0 Å². The Hall–Kier alpha value is -0.520. The van der Waals surface area contributed by atoms with Crippen molar-refractivity contribution in [2.24, 2.45) is 47.3 Å². The number of allylic oxidation sites excluding steroid dienone is 4. The minimum absolute atomic E-state index is 0.999. The van der Waals surface area contributed by atoms with Crippen LogP contribution in [0.1, 0.15) is 12.8 Å². The van der Waals surface area contributed by atoms with Gasteiger partial charge in [0.05, 0.1) is 0 Å². The molecule has 0 amide bonds. The lowest BCUT2D eigenvalue weighted by Gasteiger charge is -2.54. The number of fused-ring (bicyclic) bond motifs is 12. The van der Waals surface area contributed by atoms with Crippen LogP contribution in [0.5, 0.6) is 0 Å². The van der Waals surface area contributed by atoms with Gasteiger partial charge in [-0.15, -0.1) is 0 Å². The van der Waals surface area contributed by atoms with Crippen molar-refractivity contribution in [2.75, 3.05) is 0 Å². The first-order chi connectivity index (χ1) is 6.93. The number of hydrogen-bond acceptors (Lipinski definition) is 0. The summed E-state index contributed by atoms with van der Waals surface area (Å²) >= 11 is 0. The van der Waals surface area contributed by atoms with Crippen molar-refractivity contribution < 1.29 is 0 Å². The minimum atomic E-state index is 0.999. The Bertz CT molecular complexity index is 288. The zero-order chi connectivity index (χ0) is 8.86. The Morgan fingerprint density at radius 2 is 0.786 bits per heavy atom. The molecule has 0 radical (unpaired) electrons. The fourth-order valence-corrected chi connectivity index (χ4v) is 5.82. The lowest BCUT2D eigenvalue weighted by Crippen LogP contribution is -2.50. The molecule has 0 aliphatic heterocycles. The molecular weight excluding hydrogens is 168 g/mol. The molecular formula is C14H16. The molecule has 3 saturated carbocycles. The summed E-state index contributed by atoms with van der Waals surface area (Å²) in [5.74, 6) is 8.48. The lowest BCUT2D eigenvalue weighted by atomic mass is 9.50. The van der Waals surface area contributed by atoms with E-state index in [9.17, 15) is 0 Å². The summed E-state index contributed by atoms with van der Waals surface area (Å²) in [4.78, 5) is 0. The topological polar surface area (TPSA) is 0 Å². The monoisotopic (exact) mass is 184 g/mol. The summed E-state index contributed by atoms with van der Waals surface area (Å²) in [7, 11) is 0. The average Bonchev–Trinajstić information content (AvgIpc) is 2.82. The highest BCUT2D eigenvalue weighted by atomic mass is 14.7. The molecule has 0 aromatic heterocycles. The van der Waals surface area contributed by atoms with Crippen LogP contribution in [0.4, 0.5) is 0 Å². The summed E-state index contributed by atoms with van der Waals surface area (Å²) in [5, 5.41) is 0. The first-order valence-corrected chi connectivity index (χ1v) is 6.30. The first-order valence-electron chi connectivity index (χ1n) is 6.30. The van der Waals surface area contributed by atoms with Gasteiger partial charge in [-0.1, -0.05) is 24.3 Å². The molecule has 3 fully saturated rings. The maximum Gasteiger partial charge on any atom is -0.0193 e. The van der Waals surface area contributed by atoms with E-state index >= 15 is 0 Å². The van der Waals surface area contributed by atoms with E-state index in [0.29, 0.717) is 0 Å². The maximum absolute atomic E-state index is 2.54. The van der Waals surface area contributed by atoms with Gasteiger partial charge in [-0.05, 0) is 60.2 Å². The third kappa shape index (κ3) is 0.515. The second kappa shape index (κ2) is 1.89. The van der Waals surface area contributed by atoms with Crippen LogP contribution in [0.15, 0.2) is 24.3 Å². The zero-order valence-corrected chi connectivity index (χ0v) is 8.34. The summed E-state index contributed by atoms with van der Waals surface area (Å²) in [6.45, 7) is 0. The highest BCUT2D eigenvalue weighted by Gasteiger charge is 2.67. The van der Waals surface area contributed by atoms with Crippen LogP contribution in [0.3, 0.4) is 0 Å². The van der Waals surface area contributed by atoms with E-state index in [1.807, 2.05) is 0 Å². The molecule has 5 rings (SSSR count). The third-order valence-electron chi connectivity index (χ3n) is 6.05. The van der Waals surface area contributed by atoms with E-state index in [0.717, 1.165) is 47.3 Å². The molecule has 0 saturated heterocycles. The van der Waals surface area contributed by atoms with E-state index in [2.05, 4.69) is 24.3 Å². The number of rotatable bonds is 0. The molecule has 14 heavy (non-hydrogen) atoms. The van der Waals surface area contributed by atoms with E-state index in [4.69, 9.17) is 0 Å². The predicted octanol–water partition coefficient (Wildman–Crippen LogP) is 2.88. The summed E-state index contributed by atoms with van der Waals surface area (Å²) in [6, 6.07) is 0. The highest BCUT2D eigenvalue weighted by molar-refractivity contribution is 5.29. The van der Waals surface area contributed by atoms with Crippen LogP contribution in [0.2, 0.25) is 0 Å². The second-order valence-electron chi connectivity index (χ2n) is 6.21. The van der Waals surface area contributed by atoms with Crippen LogP contribution in [0.25, 0.3) is 0 Å². The van der Waals surface area contributed by atoms with Gasteiger partial charge in [0.25, 0.3) is 0 Å². The normalized spacial score (nSPS) is 69.7. The summed E-state index contributed by atoms with van der Waals surface area (Å²) in [6.07, 6.45) is 13.2. The molecule has 0 atom stereocenters. The minimum Gasteiger partial charge on any atom is -0.0848 e. The second-order valence-corrected chi connectivity index (χ2v) is 6.21. The van der Waals surface area contributed by atoms with Gasteiger partial charge >= 0.3 is 0 Å². The van der Waals surface area contributed by atoms with Crippen molar-refractivity contribution in [3.63, 3.8) is 0 Å². The molecule has 72 valence electrons. The Morgan fingerprint density at radius 3 is 1.07 bits per heavy atom. The molecule has 0 spiro atoms. The Labute approximate surface area is 85.1 Å². The van der Waals surface area contributed by atoms with Gasteiger partial charge in [-0.25, -0.2) is 0 Å². The maximum atomic E-state index is 2.54. The molecule has 0 aromatic rings. The van der Waals surface area contributed by atoms with Gasteiger partial charge in [-0.3, -0.25) is 0 Å². The quantitative estimate of drug-likeness (QED) is 0.508. The molecule has 5 aliphatic carbocycles. The molecule has 0 heterocycles. The average molecular weight is 184 g/mol. The molecule has 0 aromatic carbocycles. The standard InChI is InChI=1S/C14H16/c1-2-8-5-7(1)11-12(8)14-10-4-3-9(6-10)13(11)14/h1-4,7-14H,5-6H2/t7-,8+,9-,10?,11?,12?,13?,14?/m0/s1. The van der Waals surface area contributed by atoms with Crippen LogP contribution in [-0.2, 0) is 0 Å². The zero-order valence-electron chi connectivity index (χ0n) is 8.34. The van der Waals surface area contributed by atoms with Crippen molar-refractivity contribution in [3.05, 3.63) is 24.3 Å². The fraction of sp³-hybridized carbons (Fsp3) is 0.714. The van der Waals surface area contributed by atoms with Crippen LogP contribution in [0, 0.1) is 47.3 Å². The highest BCUT2D eigenvalue weighted by Crippen LogP contribution is 2.72. The van der Waals surface area contributed by atoms with Gasteiger partial charge in [0.15, 0.2) is 0 Å². The van der Waals surface area contributed by atoms with Gasteiger partial charge in [0, 0.05) is 0 Å². The van der Waals surface area contributed by atoms with Crippen LogP contribution >= 0.6 is 0 Å². The first kappa shape index (κ1) is 6.87. The Morgan fingerprint density at radius 1 is 0.500 bits per heavy atom. The third-order valence-corrected chi connectivity index (χ3v) is 6.05. The molecule has 0 unspecified atom stereocenters. The van der Waals surface area contributed by atoms with Crippen molar-refractivity contribution in [1.29, 1.82) is 0 Å². The number of hydrogen-bond donors (Lipinski definition) is 0. The molecule has 0 N–H and O–H groups in total. The van der Waals surface area contributed by atoms with Crippen molar-refractivity contribution in [3.8, 4) is 0 Å². The molecule has 4 bridgehead atoms. The van der Waals surface area contributed by atoms with Gasteiger partial charge in [0.1, 0.15) is 0 Å². The van der Waals surface area contributed by atoms with Gasteiger partial charge in [0.2, 0.25) is 0 Å². The van der Waals surface area contributed by atoms with Crippen molar-refractivity contribution in [2.45, 2.75) is 12.8 Å². The SMILES string of the molecule is C1=C[C@H]2CC1C1C3C(C12)[C@H]1C=C[C@@H]3C1. The predicted molar refractivity (Wildman–Crippen MR) is 55.4 cm³/mol. The largest absolute Gasteiger partial charge is 0.0848 e. The van der Waals surface area contributed by atoms with Gasteiger partial charge in [-0.2, -0.15) is 0 Å².